The lowest BCUT2D eigenvalue weighted by atomic mass is 10.1. The van der Waals surface area contributed by atoms with Crippen molar-refractivity contribution < 1.29 is 19.1 Å². The number of carbonyl (C=O) groups is 2. The van der Waals surface area contributed by atoms with Gasteiger partial charge >= 0.3 is 11.9 Å². The minimum atomic E-state index is -0.331. The van der Waals surface area contributed by atoms with Gasteiger partial charge in [0, 0.05) is 13.8 Å². The van der Waals surface area contributed by atoms with E-state index in [0.717, 1.165) is 28.7 Å². The van der Waals surface area contributed by atoms with Gasteiger partial charge in [-0.15, -0.1) is 0 Å². The van der Waals surface area contributed by atoms with Crippen molar-refractivity contribution in [2.45, 2.75) is 20.3 Å². The molecule has 2 aromatic rings. The van der Waals surface area contributed by atoms with Crippen molar-refractivity contribution in [1.82, 2.24) is 0 Å². The summed E-state index contributed by atoms with van der Waals surface area (Å²) in [6, 6.07) is 11.2. The van der Waals surface area contributed by atoms with E-state index in [2.05, 4.69) is 0 Å². The van der Waals surface area contributed by atoms with Crippen LogP contribution >= 0.6 is 0 Å². The van der Waals surface area contributed by atoms with E-state index in [1.54, 1.807) is 12.1 Å². The molecule has 0 saturated heterocycles. The van der Waals surface area contributed by atoms with Crippen LogP contribution in [0.4, 0.5) is 0 Å². The summed E-state index contributed by atoms with van der Waals surface area (Å²) in [6.07, 6.45) is 0.731. The maximum atomic E-state index is 11.0. The van der Waals surface area contributed by atoms with Crippen LogP contribution in [0.3, 0.4) is 0 Å². The average molecular weight is 282 g/mol. The monoisotopic (exact) mass is 282 g/mol. The predicted octanol–water partition coefficient (Wildman–Crippen LogP) is 3.11. The van der Waals surface area contributed by atoms with Crippen LogP contribution in [0.2, 0.25) is 0 Å². The van der Waals surface area contributed by atoms with Gasteiger partial charge in [0.05, 0.1) is 0 Å². The SMILES string of the molecule is CC(=O)Oc1ccc2c(c1)Cc1cc(OC(C)=O)ccc1-2. The minimum absolute atomic E-state index is 0.331. The first-order valence-electron chi connectivity index (χ1n) is 6.66. The Morgan fingerprint density at radius 3 is 1.62 bits per heavy atom. The van der Waals surface area contributed by atoms with E-state index in [9.17, 15) is 9.59 Å². The first-order chi connectivity index (χ1) is 10.0. The van der Waals surface area contributed by atoms with Gasteiger partial charge in [-0.25, -0.2) is 0 Å². The Hall–Kier alpha value is -2.62. The van der Waals surface area contributed by atoms with E-state index in [4.69, 9.17) is 9.47 Å². The third-order valence-corrected chi connectivity index (χ3v) is 3.35. The van der Waals surface area contributed by atoms with Crippen LogP contribution in [0, 0.1) is 0 Å². The van der Waals surface area contributed by atoms with Crippen molar-refractivity contribution in [1.29, 1.82) is 0 Å². The lowest BCUT2D eigenvalue weighted by Crippen LogP contribution is -2.01. The number of carbonyl (C=O) groups excluding carboxylic acids is 2. The van der Waals surface area contributed by atoms with Crippen molar-refractivity contribution in [3.8, 4) is 22.6 Å². The maximum Gasteiger partial charge on any atom is 0.308 e. The van der Waals surface area contributed by atoms with Crippen LogP contribution < -0.4 is 9.47 Å². The standard InChI is InChI=1S/C17H14O4/c1-10(18)20-14-3-5-16-12(8-14)7-13-9-15(21-11(2)19)4-6-17(13)16/h3-6,8-9H,7H2,1-2H3. The highest BCUT2D eigenvalue weighted by molar-refractivity contribution is 5.79. The van der Waals surface area contributed by atoms with Gasteiger partial charge in [-0.2, -0.15) is 0 Å². The second-order valence-corrected chi connectivity index (χ2v) is 5.00. The van der Waals surface area contributed by atoms with E-state index in [-0.39, 0.29) is 11.9 Å². The topological polar surface area (TPSA) is 52.6 Å². The molecule has 0 heterocycles. The molecule has 0 atom stereocenters. The molecule has 0 N–H and O–H groups in total. The zero-order valence-corrected chi connectivity index (χ0v) is 11.8. The number of hydrogen-bond donors (Lipinski definition) is 0. The van der Waals surface area contributed by atoms with Gasteiger partial charge in [-0.1, -0.05) is 12.1 Å². The number of benzene rings is 2. The molecule has 1 aliphatic carbocycles. The number of hydrogen-bond acceptors (Lipinski definition) is 4. The van der Waals surface area contributed by atoms with Gasteiger partial charge < -0.3 is 9.47 Å². The Labute approximate surface area is 122 Å². The van der Waals surface area contributed by atoms with Crippen molar-refractivity contribution in [2.75, 3.05) is 0 Å². The highest BCUT2D eigenvalue weighted by Crippen LogP contribution is 2.39. The largest absolute Gasteiger partial charge is 0.427 e. The number of rotatable bonds is 2. The van der Waals surface area contributed by atoms with Crippen LogP contribution in [-0.4, -0.2) is 11.9 Å². The van der Waals surface area contributed by atoms with E-state index >= 15 is 0 Å². The van der Waals surface area contributed by atoms with Crippen molar-refractivity contribution in [3.63, 3.8) is 0 Å². The number of fused-ring (bicyclic) bond motifs is 3. The average Bonchev–Trinajstić information content (AvgIpc) is 2.73. The minimum Gasteiger partial charge on any atom is -0.427 e. The molecular weight excluding hydrogens is 268 g/mol. The molecule has 0 fully saturated rings. The summed E-state index contributed by atoms with van der Waals surface area (Å²) in [5.41, 5.74) is 4.44. The molecule has 0 spiro atoms. The highest BCUT2D eigenvalue weighted by Gasteiger charge is 2.20. The van der Waals surface area contributed by atoms with Crippen LogP contribution in [0.25, 0.3) is 11.1 Å². The predicted molar refractivity (Wildman–Crippen MR) is 77.3 cm³/mol. The molecule has 1 aliphatic rings. The van der Waals surface area contributed by atoms with Gasteiger partial charge in [0.15, 0.2) is 0 Å². The van der Waals surface area contributed by atoms with Gasteiger partial charge in [0.1, 0.15) is 11.5 Å². The van der Waals surface area contributed by atoms with Gasteiger partial charge in [0.25, 0.3) is 0 Å². The molecule has 0 aromatic heterocycles. The second-order valence-electron chi connectivity index (χ2n) is 5.00. The normalized spacial score (nSPS) is 11.5. The molecule has 4 nitrogen and oxygen atoms in total. The van der Waals surface area contributed by atoms with E-state index in [1.807, 2.05) is 24.3 Å². The van der Waals surface area contributed by atoms with E-state index in [0.29, 0.717) is 11.5 Å². The summed E-state index contributed by atoms with van der Waals surface area (Å²) in [4.78, 5) is 22.0. The quantitative estimate of drug-likeness (QED) is 0.535. The van der Waals surface area contributed by atoms with Crippen LogP contribution in [0.5, 0.6) is 11.5 Å². The van der Waals surface area contributed by atoms with Gasteiger partial charge in [-0.05, 0) is 52.9 Å². The fourth-order valence-electron chi connectivity index (χ4n) is 2.62. The maximum absolute atomic E-state index is 11.0. The summed E-state index contributed by atoms with van der Waals surface area (Å²) >= 11 is 0. The summed E-state index contributed by atoms with van der Waals surface area (Å²) in [5.74, 6) is 0.439. The molecule has 0 unspecified atom stereocenters. The summed E-state index contributed by atoms with van der Waals surface area (Å²) < 4.78 is 10.2. The molecule has 4 heteroatoms. The molecule has 21 heavy (non-hydrogen) atoms. The molecule has 0 saturated carbocycles. The summed E-state index contributed by atoms with van der Waals surface area (Å²) in [6.45, 7) is 2.76. The number of esters is 2. The molecule has 0 radical (unpaired) electrons. The van der Waals surface area contributed by atoms with Crippen molar-refractivity contribution >= 4 is 11.9 Å². The second kappa shape index (κ2) is 5.05. The van der Waals surface area contributed by atoms with Crippen LogP contribution in [0.1, 0.15) is 25.0 Å². The molecule has 3 rings (SSSR count). The lowest BCUT2D eigenvalue weighted by molar-refractivity contribution is -0.132. The Bertz CT molecular complexity index is 683. The third kappa shape index (κ3) is 2.65. The van der Waals surface area contributed by atoms with Gasteiger partial charge in [0.2, 0.25) is 0 Å². The summed E-state index contributed by atoms with van der Waals surface area (Å²) in [7, 11) is 0. The van der Waals surface area contributed by atoms with Crippen molar-refractivity contribution in [2.24, 2.45) is 0 Å². The molecular formula is C17H14O4. The molecule has 0 aliphatic heterocycles. The zero-order valence-electron chi connectivity index (χ0n) is 11.8. The Balaban J connectivity index is 1.93. The first-order valence-corrected chi connectivity index (χ1v) is 6.66. The third-order valence-electron chi connectivity index (χ3n) is 3.35. The fraction of sp³-hybridized carbons (Fsp3) is 0.176. The van der Waals surface area contributed by atoms with E-state index < -0.39 is 0 Å². The Kier molecular flexibility index (Phi) is 3.22. The Morgan fingerprint density at radius 2 is 1.24 bits per heavy atom. The van der Waals surface area contributed by atoms with Gasteiger partial charge in [-0.3, -0.25) is 9.59 Å². The molecule has 0 bridgehead atoms. The molecule has 2 aromatic carbocycles. The smallest absolute Gasteiger partial charge is 0.308 e. The highest BCUT2D eigenvalue weighted by atomic mass is 16.5. The lowest BCUT2D eigenvalue weighted by Gasteiger charge is -2.05. The zero-order chi connectivity index (χ0) is 15.0. The fourth-order valence-corrected chi connectivity index (χ4v) is 2.62. The van der Waals surface area contributed by atoms with E-state index in [1.165, 1.54) is 13.8 Å². The first kappa shape index (κ1) is 13.4. The summed E-state index contributed by atoms with van der Waals surface area (Å²) in [5, 5.41) is 0. The molecule has 0 amide bonds. The Morgan fingerprint density at radius 1 is 0.810 bits per heavy atom. The van der Waals surface area contributed by atoms with Crippen LogP contribution in [0.15, 0.2) is 36.4 Å². The van der Waals surface area contributed by atoms with Crippen molar-refractivity contribution in [3.05, 3.63) is 47.5 Å². The number of ether oxygens (including phenoxy) is 2. The van der Waals surface area contributed by atoms with Crippen LogP contribution in [-0.2, 0) is 16.0 Å². The molecule has 106 valence electrons.